The van der Waals surface area contributed by atoms with Gasteiger partial charge in [-0.3, -0.25) is 9.80 Å². The number of ether oxygens (including phenoxy) is 1. The van der Waals surface area contributed by atoms with Crippen LogP contribution >= 0.6 is 0 Å². The summed E-state index contributed by atoms with van der Waals surface area (Å²) >= 11 is 0. The number of nitrogens with zero attached hydrogens (tertiary/aromatic N) is 1. The average molecular weight is 301 g/mol. The van der Waals surface area contributed by atoms with Gasteiger partial charge in [0.2, 0.25) is 0 Å². The lowest BCUT2D eigenvalue weighted by Crippen LogP contribution is -2.50. The van der Waals surface area contributed by atoms with Crippen molar-refractivity contribution in [3.63, 3.8) is 0 Å². The first kappa shape index (κ1) is 20.8. The molecule has 0 aliphatic carbocycles. The van der Waals surface area contributed by atoms with E-state index in [2.05, 4.69) is 4.74 Å². The molecular formula is C11H22F3N3O3. The minimum Gasteiger partial charge on any atom is -0.462 e. The van der Waals surface area contributed by atoms with E-state index in [-0.39, 0.29) is 11.6 Å². The predicted octanol–water partition coefficient (Wildman–Crippen LogP) is 1.80. The van der Waals surface area contributed by atoms with E-state index < -0.39 is 18.8 Å². The second-order valence-electron chi connectivity index (χ2n) is 5.10. The van der Waals surface area contributed by atoms with E-state index in [0.29, 0.717) is 11.5 Å². The Morgan fingerprint density at radius 3 is 2.00 bits per heavy atom. The Morgan fingerprint density at radius 2 is 1.80 bits per heavy atom. The van der Waals surface area contributed by atoms with Crippen LogP contribution in [-0.2, 0) is 9.53 Å². The quantitative estimate of drug-likeness (QED) is 0.360. The average Bonchev–Trinajstić information content (AvgIpc) is 2.22. The number of nitrogens with two attached hydrogens (primary N) is 1. The maximum Gasteiger partial charge on any atom is 0.405 e. The van der Waals surface area contributed by atoms with Crippen molar-refractivity contribution in [2.45, 2.75) is 52.4 Å². The van der Waals surface area contributed by atoms with Crippen molar-refractivity contribution in [3.05, 3.63) is 0 Å². The maximum atomic E-state index is 11.6. The highest BCUT2D eigenvalue weighted by Crippen LogP contribution is 2.12. The lowest BCUT2D eigenvalue weighted by molar-refractivity contribution is -0.138. The molecule has 0 aromatic rings. The highest BCUT2D eigenvalue weighted by atomic mass is 19.4. The van der Waals surface area contributed by atoms with Crippen LogP contribution in [-0.4, -0.2) is 41.9 Å². The Kier molecular flexibility index (Phi) is 8.96. The first-order valence-electron chi connectivity index (χ1n) is 5.80. The smallest absolute Gasteiger partial charge is 0.405 e. The Hall–Kier alpha value is -1.51. The van der Waals surface area contributed by atoms with E-state index in [4.69, 9.17) is 5.84 Å². The highest BCUT2D eigenvalue weighted by molar-refractivity contribution is 5.73. The molecule has 20 heavy (non-hydrogen) atoms. The van der Waals surface area contributed by atoms with Gasteiger partial charge in [0.1, 0.15) is 12.1 Å². The molecule has 0 atom stereocenters. The fraction of sp³-hybridized carbons (Fsp3) is 0.818. The molecule has 0 bridgehead atoms. The zero-order valence-electron chi connectivity index (χ0n) is 12.2. The summed E-state index contributed by atoms with van der Waals surface area (Å²) in [6.07, 6.45) is -4.41. The number of hydrogen-bond donors (Lipinski definition) is 2. The molecule has 6 nitrogen and oxygen atoms in total. The number of alkyl halides is 3. The van der Waals surface area contributed by atoms with Crippen molar-refractivity contribution in [2.24, 2.45) is 5.84 Å². The maximum absolute atomic E-state index is 11.6. The van der Waals surface area contributed by atoms with Crippen LogP contribution in [0.3, 0.4) is 0 Å². The van der Waals surface area contributed by atoms with Gasteiger partial charge in [-0.05, 0) is 34.6 Å². The number of amides is 2. The fourth-order valence-corrected chi connectivity index (χ4v) is 0.646. The molecular weight excluding hydrogens is 279 g/mol. The molecule has 0 aliphatic rings. The Balaban J connectivity index is 0. The second kappa shape index (κ2) is 8.62. The molecule has 0 saturated carbocycles. The van der Waals surface area contributed by atoms with Gasteiger partial charge in [0.25, 0.3) is 6.47 Å². The van der Waals surface area contributed by atoms with E-state index in [1.807, 2.05) is 20.8 Å². The van der Waals surface area contributed by atoms with Crippen LogP contribution in [0.5, 0.6) is 0 Å². The molecule has 0 aliphatic heterocycles. The van der Waals surface area contributed by atoms with Crippen molar-refractivity contribution in [3.8, 4) is 0 Å². The van der Waals surface area contributed by atoms with E-state index in [1.165, 1.54) is 0 Å². The van der Waals surface area contributed by atoms with E-state index in [1.54, 1.807) is 19.2 Å². The zero-order chi connectivity index (χ0) is 16.6. The second-order valence-corrected chi connectivity index (χ2v) is 5.10. The topological polar surface area (TPSA) is 84.7 Å². The zero-order valence-corrected chi connectivity index (χ0v) is 12.2. The molecule has 120 valence electrons. The third-order valence-corrected chi connectivity index (χ3v) is 1.63. The highest BCUT2D eigenvalue weighted by Gasteiger charge is 2.28. The van der Waals surface area contributed by atoms with Gasteiger partial charge in [0.05, 0.1) is 0 Å². The molecule has 0 spiro atoms. The summed E-state index contributed by atoms with van der Waals surface area (Å²) in [6, 6.07) is -1.28. The number of rotatable bonds is 3. The van der Waals surface area contributed by atoms with Crippen molar-refractivity contribution in [1.82, 2.24) is 10.3 Å². The Morgan fingerprint density at radius 1 is 1.35 bits per heavy atom. The summed E-state index contributed by atoms with van der Waals surface area (Å²) in [4.78, 5) is 20.4. The summed E-state index contributed by atoms with van der Waals surface area (Å²) < 4.78 is 39.4. The molecule has 3 N–H and O–H groups in total. The largest absolute Gasteiger partial charge is 0.462 e. The van der Waals surface area contributed by atoms with Crippen LogP contribution in [0, 0.1) is 0 Å². The SMILES string of the molecule is CC(C)(C)OC=O.CC(C)N(N)C(=O)NCC(F)(F)F. The van der Waals surface area contributed by atoms with Crippen molar-refractivity contribution in [1.29, 1.82) is 0 Å². The van der Waals surface area contributed by atoms with Crippen molar-refractivity contribution < 1.29 is 27.5 Å². The molecule has 0 radical (unpaired) electrons. The van der Waals surface area contributed by atoms with Gasteiger partial charge < -0.3 is 10.1 Å². The van der Waals surface area contributed by atoms with Crippen LogP contribution in [0.25, 0.3) is 0 Å². The van der Waals surface area contributed by atoms with Crippen LogP contribution in [0.2, 0.25) is 0 Å². The number of hydrazine groups is 1. The standard InChI is InChI=1S/C6H12F3N3O.C5H10O2/c1-4(2)12(10)5(13)11-3-6(7,8)9;1-5(2,3)7-4-6/h4H,3,10H2,1-2H3,(H,11,13);4H,1-3H3. The monoisotopic (exact) mass is 301 g/mol. The molecule has 0 saturated heterocycles. The molecule has 0 rings (SSSR count). The predicted molar refractivity (Wildman–Crippen MR) is 67.5 cm³/mol. The van der Waals surface area contributed by atoms with Gasteiger partial charge in [-0.15, -0.1) is 0 Å². The van der Waals surface area contributed by atoms with E-state index >= 15 is 0 Å². The van der Waals surface area contributed by atoms with E-state index in [0.717, 1.165) is 0 Å². The molecule has 9 heteroatoms. The summed E-state index contributed by atoms with van der Waals surface area (Å²) in [6.45, 7) is 7.73. The van der Waals surface area contributed by atoms with Gasteiger partial charge in [0, 0.05) is 6.04 Å². The van der Waals surface area contributed by atoms with Crippen LogP contribution < -0.4 is 11.2 Å². The summed E-state index contributed by atoms with van der Waals surface area (Å²) in [5.74, 6) is 5.14. The molecule has 0 fully saturated rings. The number of nitrogens with one attached hydrogen (secondary N) is 1. The Bertz CT molecular complexity index is 302. The third kappa shape index (κ3) is 14.6. The van der Waals surface area contributed by atoms with Gasteiger partial charge in [-0.2, -0.15) is 13.2 Å². The molecule has 2 amide bonds. The van der Waals surface area contributed by atoms with Crippen LogP contribution in [0.4, 0.5) is 18.0 Å². The molecule has 0 unspecified atom stereocenters. The fourth-order valence-electron chi connectivity index (χ4n) is 0.646. The number of hydrogen-bond acceptors (Lipinski definition) is 4. The number of halogens is 3. The van der Waals surface area contributed by atoms with Crippen molar-refractivity contribution in [2.75, 3.05) is 6.54 Å². The van der Waals surface area contributed by atoms with Gasteiger partial charge in [-0.1, -0.05) is 0 Å². The van der Waals surface area contributed by atoms with Crippen LogP contribution in [0.15, 0.2) is 0 Å². The molecule has 0 aromatic carbocycles. The first-order valence-corrected chi connectivity index (χ1v) is 5.80. The minimum absolute atomic E-state index is 0.318. The Labute approximate surface area is 116 Å². The normalized spacial score (nSPS) is 11.3. The number of carbonyl (C=O) groups is 2. The van der Waals surface area contributed by atoms with E-state index in [9.17, 15) is 22.8 Å². The summed E-state index contributed by atoms with van der Waals surface area (Å²) in [7, 11) is 0. The summed E-state index contributed by atoms with van der Waals surface area (Å²) in [5.41, 5.74) is -0.318. The first-order chi connectivity index (χ1) is 8.80. The minimum atomic E-state index is -4.41. The van der Waals surface area contributed by atoms with Gasteiger partial charge in [-0.25, -0.2) is 10.6 Å². The third-order valence-electron chi connectivity index (χ3n) is 1.63. The van der Waals surface area contributed by atoms with Gasteiger partial charge in [0.15, 0.2) is 0 Å². The van der Waals surface area contributed by atoms with Gasteiger partial charge >= 0.3 is 12.2 Å². The number of urea groups is 1. The van der Waals surface area contributed by atoms with Crippen molar-refractivity contribution >= 4 is 12.5 Å². The molecule has 0 heterocycles. The van der Waals surface area contributed by atoms with Crippen LogP contribution in [0.1, 0.15) is 34.6 Å². The number of carbonyl (C=O) groups excluding carboxylic acids is 2. The summed E-state index contributed by atoms with van der Waals surface area (Å²) in [5, 5.41) is 2.34. The molecule has 0 aromatic heterocycles. The lowest BCUT2D eigenvalue weighted by Gasteiger charge is -2.21. The lowest BCUT2D eigenvalue weighted by atomic mass is 10.2.